The zero-order valence-electron chi connectivity index (χ0n) is 17.7. The molecule has 1 heterocycles. The maximum atomic E-state index is 11.0. The second-order valence-corrected chi connectivity index (χ2v) is 8.17. The van der Waals surface area contributed by atoms with E-state index >= 15 is 0 Å². The second-order valence-electron chi connectivity index (χ2n) is 7.01. The van der Waals surface area contributed by atoms with E-state index in [4.69, 9.17) is 20.4 Å². The van der Waals surface area contributed by atoms with Crippen LogP contribution in [-0.2, 0) is 11.4 Å². The molecule has 0 aliphatic rings. The summed E-state index contributed by atoms with van der Waals surface area (Å²) in [5, 5.41) is 24.2. The standard InChI is InChI=1S/C23H23NO3S.C2H4O/c1-15-3-5-18(6-4-15)22-12-11-20(28-22)14-27-19-9-7-17(8-10-19)21(16(2)24)13-23(25)26;1-2-3/h3-12,21,24H,13-14H2,1-2H3,(H,25,26);2-3H,1H2. The van der Waals surface area contributed by atoms with E-state index in [2.05, 4.69) is 49.9 Å². The van der Waals surface area contributed by atoms with E-state index in [1.165, 1.54) is 16.0 Å². The Morgan fingerprint density at radius 2 is 1.74 bits per heavy atom. The summed E-state index contributed by atoms with van der Waals surface area (Å²) in [4.78, 5) is 13.4. The topological polar surface area (TPSA) is 90.6 Å². The molecule has 0 aliphatic carbocycles. The number of nitrogens with one attached hydrogen (secondary N) is 1. The Morgan fingerprint density at radius 3 is 2.29 bits per heavy atom. The number of aliphatic hydroxyl groups is 1. The third kappa shape index (κ3) is 7.42. The Balaban J connectivity index is 0.00000107. The number of carboxylic acid groups (broad SMARTS) is 1. The van der Waals surface area contributed by atoms with Gasteiger partial charge in [0.05, 0.1) is 12.7 Å². The van der Waals surface area contributed by atoms with Crippen LogP contribution in [0.15, 0.2) is 73.5 Å². The molecule has 0 spiro atoms. The molecule has 6 heteroatoms. The van der Waals surface area contributed by atoms with E-state index in [9.17, 15) is 4.79 Å². The number of ether oxygens (including phenoxy) is 1. The Kier molecular flexibility index (Phi) is 9.03. The molecule has 3 N–H and O–H groups in total. The molecular formula is C25H27NO4S. The van der Waals surface area contributed by atoms with Crippen LogP contribution in [0.4, 0.5) is 0 Å². The van der Waals surface area contributed by atoms with Crippen molar-refractivity contribution in [2.75, 3.05) is 0 Å². The maximum Gasteiger partial charge on any atom is 0.304 e. The summed E-state index contributed by atoms with van der Waals surface area (Å²) in [6.07, 6.45) is 0.673. The largest absolute Gasteiger partial charge is 0.516 e. The molecule has 0 saturated carbocycles. The predicted octanol–water partition coefficient (Wildman–Crippen LogP) is 6.59. The van der Waals surface area contributed by atoms with Crippen LogP contribution in [0.1, 0.15) is 35.3 Å². The number of hydrogen-bond donors (Lipinski definition) is 3. The first-order valence-corrected chi connectivity index (χ1v) is 10.6. The highest BCUT2D eigenvalue weighted by molar-refractivity contribution is 7.15. The van der Waals surface area contributed by atoms with Gasteiger partial charge in [0, 0.05) is 21.4 Å². The smallest absolute Gasteiger partial charge is 0.304 e. The number of benzene rings is 2. The summed E-state index contributed by atoms with van der Waals surface area (Å²) in [6.45, 7) is 7.12. The lowest BCUT2D eigenvalue weighted by molar-refractivity contribution is -0.137. The Hall–Kier alpha value is -3.38. The first kappa shape index (κ1) is 23.9. The van der Waals surface area contributed by atoms with Crippen LogP contribution in [0, 0.1) is 12.3 Å². The molecule has 0 radical (unpaired) electrons. The van der Waals surface area contributed by atoms with Gasteiger partial charge in [-0.25, -0.2) is 0 Å². The van der Waals surface area contributed by atoms with Gasteiger partial charge in [-0.3, -0.25) is 4.79 Å². The number of rotatable bonds is 8. The van der Waals surface area contributed by atoms with Gasteiger partial charge in [-0.2, -0.15) is 0 Å². The van der Waals surface area contributed by atoms with Crippen molar-refractivity contribution in [3.05, 3.63) is 89.5 Å². The van der Waals surface area contributed by atoms with E-state index in [-0.39, 0.29) is 6.42 Å². The molecular weight excluding hydrogens is 410 g/mol. The zero-order chi connectivity index (χ0) is 22.8. The van der Waals surface area contributed by atoms with Crippen molar-refractivity contribution < 1.29 is 19.7 Å². The lowest BCUT2D eigenvalue weighted by atomic mass is 9.92. The van der Waals surface area contributed by atoms with Gasteiger partial charge in [0.15, 0.2) is 0 Å². The predicted molar refractivity (Wildman–Crippen MR) is 126 cm³/mol. The minimum absolute atomic E-state index is 0.0769. The van der Waals surface area contributed by atoms with Crippen LogP contribution in [0.5, 0.6) is 5.75 Å². The van der Waals surface area contributed by atoms with Gasteiger partial charge >= 0.3 is 5.97 Å². The van der Waals surface area contributed by atoms with Gasteiger partial charge in [-0.15, -0.1) is 11.3 Å². The van der Waals surface area contributed by atoms with Crippen LogP contribution in [0.2, 0.25) is 0 Å². The first-order chi connectivity index (χ1) is 14.8. The molecule has 5 nitrogen and oxygen atoms in total. The van der Waals surface area contributed by atoms with E-state index in [0.29, 0.717) is 12.3 Å². The third-order valence-electron chi connectivity index (χ3n) is 4.56. The fourth-order valence-electron chi connectivity index (χ4n) is 2.97. The number of hydrogen-bond acceptors (Lipinski definition) is 5. The van der Waals surface area contributed by atoms with Crippen molar-refractivity contribution in [3.8, 4) is 16.2 Å². The minimum atomic E-state index is -0.904. The van der Waals surface area contributed by atoms with Crippen molar-refractivity contribution >= 4 is 23.0 Å². The number of aryl methyl sites for hydroxylation is 1. The highest BCUT2D eigenvalue weighted by Gasteiger charge is 2.17. The Bertz CT molecular complexity index is 1010. The molecule has 162 valence electrons. The summed E-state index contributed by atoms with van der Waals surface area (Å²) in [7, 11) is 0. The summed E-state index contributed by atoms with van der Waals surface area (Å²) in [6, 6.07) is 20.0. The van der Waals surface area contributed by atoms with Gasteiger partial charge in [-0.05, 0) is 49.2 Å². The molecule has 0 fully saturated rings. The fourth-order valence-corrected chi connectivity index (χ4v) is 3.90. The number of carboxylic acids is 1. The lowest BCUT2D eigenvalue weighted by Crippen LogP contribution is -2.13. The maximum absolute atomic E-state index is 11.0. The van der Waals surface area contributed by atoms with E-state index < -0.39 is 11.9 Å². The number of aliphatic carboxylic acids is 1. The van der Waals surface area contributed by atoms with Crippen molar-refractivity contribution in [1.82, 2.24) is 0 Å². The summed E-state index contributed by atoms with van der Waals surface area (Å²) in [5.41, 5.74) is 3.62. The second kappa shape index (κ2) is 11.7. The molecule has 1 aromatic heterocycles. The van der Waals surface area contributed by atoms with Crippen LogP contribution in [-0.4, -0.2) is 21.9 Å². The van der Waals surface area contributed by atoms with Crippen LogP contribution < -0.4 is 4.74 Å². The lowest BCUT2D eigenvalue weighted by Gasteiger charge is -2.14. The van der Waals surface area contributed by atoms with Crippen molar-refractivity contribution in [2.24, 2.45) is 0 Å². The molecule has 1 atom stereocenters. The number of carbonyl (C=O) groups is 1. The van der Waals surface area contributed by atoms with Gasteiger partial charge in [0.25, 0.3) is 0 Å². The highest BCUT2D eigenvalue weighted by Crippen LogP contribution is 2.29. The first-order valence-electron chi connectivity index (χ1n) is 9.74. The molecule has 0 bridgehead atoms. The molecule has 3 rings (SSSR count). The quantitative estimate of drug-likeness (QED) is 0.274. The Labute approximate surface area is 186 Å². The van der Waals surface area contributed by atoms with E-state index in [0.717, 1.165) is 22.5 Å². The summed E-state index contributed by atoms with van der Waals surface area (Å²) in [5.74, 6) is -0.578. The van der Waals surface area contributed by atoms with Gasteiger partial charge < -0.3 is 20.4 Å². The number of aliphatic hydroxyl groups excluding tert-OH is 1. The van der Waals surface area contributed by atoms with Crippen LogP contribution >= 0.6 is 11.3 Å². The highest BCUT2D eigenvalue weighted by atomic mass is 32.1. The molecule has 0 amide bonds. The molecule has 0 aliphatic heterocycles. The molecule has 2 aromatic carbocycles. The van der Waals surface area contributed by atoms with Gasteiger partial charge in [0.2, 0.25) is 0 Å². The number of thiophene rings is 1. The fraction of sp³-hybridized carbons (Fsp3) is 0.200. The van der Waals surface area contributed by atoms with Gasteiger partial charge in [-0.1, -0.05) is 48.5 Å². The van der Waals surface area contributed by atoms with Crippen molar-refractivity contribution in [3.63, 3.8) is 0 Å². The van der Waals surface area contributed by atoms with Crippen molar-refractivity contribution in [2.45, 2.75) is 32.8 Å². The van der Waals surface area contributed by atoms with Crippen LogP contribution in [0.3, 0.4) is 0 Å². The van der Waals surface area contributed by atoms with Crippen LogP contribution in [0.25, 0.3) is 10.4 Å². The summed E-state index contributed by atoms with van der Waals surface area (Å²) < 4.78 is 5.88. The van der Waals surface area contributed by atoms with E-state index in [1.54, 1.807) is 18.3 Å². The minimum Gasteiger partial charge on any atom is -0.516 e. The monoisotopic (exact) mass is 437 g/mol. The molecule has 0 saturated heterocycles. The van der Waals surface area contributed by atoms with Crippen molar-refractivity contribution in [1.29, 1.82) is 5.41 Å². The molecule has 31 heavy (non-hydrogen) atoms. The molecule has 3 aromatic rings. The normalized spacial score (nSPS) is 11.0. The van der Waals surface area contributed by atoms with Gasteiger partial charge in [0.1, 0.15) is 12.4 Å². The average molecular weight is 438 g/mol. The summed E-state index contributed by atoms with van der Waals surface area (Å²) >= 11 is 1.71. The Morgan fingerprint density at radius 1 is 1.13 bits per heavy atom. The molecule has 1 unspecified atom stereocenters. The van der Waals surface area contributed by atoms with E-state index in [1.807, 2.05) is 24.3 Å². The zero-order valence-corrected chi connectivity index (χ0v) is 18.5. The average Bonchev–Trinajstić information content (AvgIpc) is 3.21. The SMILES string of the molecule is C=CO.CC(=N)C(CC(=O)O)c1ccc(OCc2ccc(-c3ccc(C)cc3)s2)cc1. The third-order valence-corrected chi connectivity index (χ3v) is 5.67.